The van der Waals surface area contributed by atoms with Gasteiger partial charge in [0.15, 0.2) is 0 Å². The molecule has 3 heteroatoms. The Balaban J connectivity index is 1.96. The highest BCUT2D eigenvalue weighted by Gasteiger charge is 2.40. The van der Waals surface area contributed by atoms with E-state index in [9.17, 15) is 0 Å². The van der Waals surface area contributed by atoms with Crippen LogP contribution in [0, 0.1) is 0 Å². The molecule has 0 aromatic carbocycles. The van der Waals surface area contributed by atoms with Crippen LogP contribution in [0.1, 0.15) is 13.3 Å². The minimum atomic E-state index is 0.428. The van der Waals surface area contributed by atoms with Crippen LogP contribution in [0.4, 0.5) is 0 Å². The summed E-state index contributed by atoms with van der Waals surface area (Å²) in [6.45, 7) is 5.84. The molecule has 1 atom stereocenters. The van der Waals surface area contributed by atoms with Gasteiger partial charge in [0.25, 0.3) is 0 Å². The van der Waals surface area contributed by atoms with Crippen LogP contribution in [-0.2, 0) is 0 Å². The van der Waals surface area contributed by atoms with Gasteiger partial charge in [0, 0.05) is 18.3 Å². The summed E-state index contributed by atoms with van der Waals surface area (Å²) in [6.07, 6.45) is 1.33. The van der Waals surface area contributed by atoms with Crippen molar-refractivity contribution in [3.8, 4) is 0 Å². The lowest BCUT2D eigenvalue weighted by Gasteiger charge is -2.47. The Morgan fingerprint density at radius 3 is 2.70 bits per heavy atom. The molecule has 2 saturated heterocycles. The van der Waals surface area contributed by atoms with Crippen LogP contribution in [0.3, 0.4) is 0 Å². The highest BCUT2D eigenvalue weighted by Crippen LogP contribution is 2.34. The van der Waals surface area contributed by atoms with Gasteiger partial charge in [-0.2, -0.15) is 0 Å². The summed E-state index contributed by atoms with van der Waals surface area (Å²) in [5.74, 6) is 0. The molecule has 0 aromatic rings. The number of hydrogen-bond donors (Lipinski definition) is 2. The maximum absolute atomic E-state index is 3.56. The standard InChI is InChI=1S/C7H14N2S/c1-6-2-3-9-7(10-6)4-8-5-7/h6,8-9H,2-5H2,1H3. The molecule has 1 spiro atoms. The zero-order valence-corrected chi connectivity index (χ0v) is 7.13. The Kier molecular flexibility index (Phi) is 1.66. The maximum atomic E-state index is 3.56. The number of nitrogens with one attached hydrogen (secondary N) is 2. The Hall–Kier alpha value is 0.270. The largest absolute Gasteiger partial charge is 0.311 e. The van der Waals surface area contributed by atoms with Crippen LogP contribution < -0.4 is 10.6 Å². The van der Waals surface area contributed by atoms with Crippen LogP contribution in [0.2, 0.25) is 0 Å². The van der Waals surface area contributed by atoms with Gasteiger partial charge in [0.1, 0.15) is 0 Å². The van der Waals surface area contributed by atoms with Gasteiger partial charge in [-0.15, -0.1) is 11.8 Å². The predicted molar refractivity (Wildman–Crippen MR) is 45.3 cm³/mol. The van der Waals surface area contributed by atoms with Crippen LogP contribution in [-0.4, -0.2) is 29.8 Å². The summed E-state index contributed by atoms with van der Waals surface area (Å²) in [5, 5.41) is 7.72. The number of hydrogen-bond acceptors (Lipinski definition) is 3. The Labute approximate surface area is 66.1 Å². The lowest BCUT2D eigenvalue weighted by molar-refractivity contribution is 0.314. The van der Waals surface area contributed by atoms with E-state index in [1.807, 2.05) is 0 Å². The highest BCUT2D eigenvalue weighted by atomic mass is 32.2. The van der Waals surface area contributed by atoms with Crippen molar-refractivity contribution < 1.29 is 0 Å². The average molecular weight is 158 g/mol. The van der Waals surface area contributed by atoms with E-state index in [0.29, 0.717) is 4.87 Å². The van der Waals surface area contributed by atoms with E-state index in [1.54, 1.807) is 0 Å². The second-order valence-electron chi connectivity index (χ2n) is 3.24. The van der Waals surface area contributed by atoms with Gasteiger partial charge in [-0.05, 0) is 13.0 Å². The van der Waals surface area contributed by atoms with Crippen LogP contribution in [0.15, 0.2) is 0 Å². The first-order chi connectivity index (χ1) is 4.81. The molecular weight excluding hydrogens is 144 g/mol. The maximum Gasteiger partial charge on any atom is 0.0899 e. The Morgan fingerprint density at radius 1 is 1.50 bits per heavy atom. The van der Waals surface area contributed by atoms with Crippen molar-refractivity contribution in [3.63, 3.8) is 0 Å². The molecule has 10 heavy (non-hydrogen) atoms. The Morgan fingerprint density at radius 2 is 2.30 bits per heavy atom. The molecule has 0 aromatic heterocycles. The fourth-order valence-corrected chi connectivity index (χ4v) is 3.11. The minimum absolute atomic E-state index is 0.428. The molecule has 0 bridgehead atoms. The van der Waals surface area contributed by atoms with Gasteiger partial charge in [0.2, 0.25) is 0 Å². The predicted octanol–water partition coefficient (Wildman–Crippen LogP) is 0.401. The van der Waals surface area contributed by atoms with Crippen LogP contribution in [0.25, 0.3) is 0 Å². The zero-order chi connectivity index (χ0) is 7.03. The van der Waals surface area contributed by atoms with E-state index in [2.05, 4.69) is 29.3 Å². The van der Waals surface area contributed by atoms with Crippen molar-refractivity contribution in [1.29, 1.82) is 0 Å². The second kappa shape index (κ2) is 2.40. The molecule has 0 amide bonds. The van der Waals surface area contributed by atoms with E-state index in [0.717, 1.165) is 18.3 Å². The Bertz CT molecular complexity index is 134. The van der Waals surface area contributed by atoms with Gasteiger partial charge in [0.05, 0.1) is 4.87 Å². The van der Waals surface area contributed by atoms with Crippen molar-refractivity contribution in [2.45, 2.75) is 23.5 Å². The molecule has 2 N–H and O–H groups in total. The monoisotopic (exact) mass is 158 g/mol. The van der Waals surface area contributed by atoms with Crippen molar-refractivity contribution >= 4 is 11.8 Å². The first-order valence-electron chi connectivity index (χ1n) is 3.94. The van der Waals surface area contributed by atoms with Crippen LogP contribution in [0.5, 0.6) is 0 Å². The fourth-order valence-electron chi connectivity index (χ4n) is 1.55. The SMILES string of the molecule is CC1CCNC2(CNC2)S1. The van der Waals surface area contributed by atoms with Crippen molar-refractivity contribution in [1.82, 2.24) is 10.6 Å². The van der Waals surface area contributed by atoms with E-state index in [1.165, 1.54) is 13.0 Å². The van der Waals surface area contributed by atoms with Gasteiger partial charge in [-0.25, -0.2) is 0 Å². The minimum Gasteiger partial charge on any atom is -0.311 e. The van der Waals surface area contributed by atoms with Crippen molar-refractivity contribution in [2.75, 3.05) is 19.6 Å². The molecule has 2 heterocycles. The smallest absolute Gasteiger partial charge is 0.0899 e. The summed E-state index contributed by atoms with van der Waals surface area (Å²) < 4.78 is 0. The quantitative estimate of drug-likeness (QED) is 0.533. The van der Waals surface area contributed by atoms with E-state index >= 15 is 0 Å². The first kappa shape index (κ1) is 6.95. The second-order valence-corrected chi connectivity index (χ2v) is 5.06. The van der Waals surface area contributed by atoms with Crippen LogP contribution >= 0.6 is 11.8 Å². The summed E-state index contributed by atoms with van der Waals surface area (Å²) in [7, 11) is 0. The molecule has 1 unspecified atom stereocenters. The number of rotatable bonds is 0. The summed E-state index contributed by atoms with van der Waals surface area (Å²) in [6, 6.07) is 0. The molecule has 58 valence electrons. The zero-order valence-electron chi connectivity index (χ0n) is 6.31. The summed E-state index contributed by atoms with van der Waals surface area (Å²) in [4.78, 5) is 0.428. The molecule has 0 saturated carbocycles. The van der Waals surface area contributed by atoms with Gasteiger partial charge in [-0.3, -0.25) is 0 Å². The summed E-state index contributed by atoms with van der Waals surface area (Å²) >= 11 is 2.10. The number of thioether (sulfide) groups is 1. The molecule has 2 aliphatic heterocycles. The molecule has 2 rings (SSSR count). The third kappa shape index (κ3) is 1.06. The van der Waals surface area contributed by atoms with E-state index in [4.69, 9.17) is 0 Å². The van der Waals surface area contributed by atoms with E-state index < -0.39 is 0 Å². The van der Waals surface area contributed by atoms with Crippen molar-refractivity contribution in [3.05, 3.63) is 0 Å². The molecule has 0 aliphatic carbocycles. The third-order valence-corrected chi connectivity index (χ3v) is 3.77. The van der Waals surface area contributed by atoms with Crippen molar-refractivity contribution in [2.24, 2.45) is 0 Å². The molecule has 2 aliphatic rings. The normalized spacial score (nSPS) is 37.5. The van der Waals surface area contributed by atoms with E-state index in [-0.39, 0.29) is 0 Å². The average Bonchev–Trinajstić information content (AvgIpc) is 1.85. The molecular formula is C7H14N2S. The lowest BCUT2D eigenvalue weighted by atomic mass is 10.1. The van der Waals surface area contributed by atoms with Gasteiger partial charge < -0.3 is 10.6 Å². The van der Waals surface area contributed by atoms with Gasteiger partial charge in [-0.1, -0.05) is 6.92 Å². The fraction of sp³-hybridized carbons (Fsp3) is 1.00. The molecule has 0 radical (unpaired) electrons. The summed E-state index contributed by atoms with van der Waals surface area (Å²) in [5.41, 5.74) is 0. The topological polar surface area (TPSA) is 24.1 Å². The van der Waals surface area contributed by atoms with Gasteiger partial charge >= 0.3 is 0 Å². The first-order valence-corrected chi connectivity index (χ1v) is 4.82. The molecule has 2 nitrogen and oxygen atoms in total. The lowest BCUT2D eigenvalue weighted by Crippen LogP contribution is -2.67. The third-order valence-electron chi connectivity index (χ3n) is 2.25. The highest BCUT2D eigenvalue weighted by molar-refractivity contribution is 8.01. The molecule has 2 fully saturated rings.